The predicted octanol–water partition coefficient (Wildman–Crippen LogP) is 4.91. The van der Waals surface area contributed by atoms with E-state index >= 15 is 0 Å². The van der Waals surface area contributed by atoms with Crippen LogP contribution >= 0.6 is 11.8 Å². The zero-order valence-electron chi connectivity index (χ0n) is 18.0. The quantitative estimate of drug-likeness (QED) is 0.436. The molecule has 30 heavy (non-hydrogen) atoms. The molecule has 1 amide bonds. The van der Waals surface area contributed by atoms with Gasteiger partial charge in [-0.05, 0) is 43.0 Å². The third-order valence-electron chi connectivity index (χ3n) is 4.83. The molecular formula is C24H30N4OS. The molecule has 6 heteroatoms. The van der Waals surface area contributed by atoms with Gasteiger partial charge in [-0.25, -0.2) is 0 Å². The van der Waals surface area contributed by atoms with Crippen LogP contribution in [0, 0.1) is 6.92 Å². The SMILES string of the molecule is CCCN(CCC)C(=O)CSc1nnc(Cc2ccccc2)n1-c1cccc(C)c1. The average molecular weight is 423 g/mol. The van der Waals surface area contributed by atoms with Gasteiger partial charge >= 0.3 is 0 Å². The molecule has 0 fully saturated rings. The summed E-state index contributed by atoms with van der Waals surface area (Å²) in [4.78, 5) is 14.7. The molecule has 0 unspecified atom stereocenters. The summed E-state index contributed by atoms with van der Waals surface area (Å²) < 4.78 is 2.09. The number of carbonyl (C=O) groups excluding carboxylic acids is 1. The van der Waals surface area contributed by atoms with E-state index in [0.29, 0.717) is 12.2 Å². The molecule has 5 nitrogen and oxygen atoms in total. The van der Waals surface area contributed by atoms with Gasteiger partial charge in [0.2, 0.25) is 5.91 Å². The van der Waals surface area contributed by atoms with Crippen molar-refractivity contribution < 1.29 is 4.79 Å². The third-order valence-corrected chi connectivity index (χ3v) is 5.74. The molecule has 0 aliphatic carbocycles. The molecule has 0 aliphatic heterocycles. The van der Waals surface area contributed by atoms with E-state index < -0.39 is 0 Å². The first-order valence-electron chi connectivity index (χ1n) is 10.6. The molecule has 3 rings (SSSR count). The molecule has 0 aliphatic rings. The van der Waals surface area contributed by atoms with E-state index in [1.807, 2.05) is 29.2 Å². The maximum atomic E-state index is 12.7. The van der Waals surface area contributed by atoms with Gasteiger partial charge in [-0.3, -0.25) is 9.36 Å². The van der Waals surface area contributed by atoms with E-state index in [1.54, 1.807) is 0 Å². The van der Waals surface area contributed by atoms with E-state index in [-0.39, 0.29) is 5.91 Å². The van der Waals surface area contributed by atoms with Crippen molar-refractivity contribution >= 4 is 17.7 Å². The number of nitrogens with zero attached hydrogens (tertiary/aromatic N) is 4. The standard InChI is InChI=1S/C24H30N4OS/c1-4-14-27(15-5-2)23(29)18-30-24-26-25-22(17-20-11-7-6-8-12-20)28(24)21-13-9-10-19(3)16-21/h6-13,16H,4-5,14-15,17-18H2,1-3H3. The summed E-state index contributed by atoms with van der Waals surface area (Å²) in [5.74, 6) is 1.41. The summed E-state index contributed by atoms with van der Waals surface area (Å²) in [6.45, 7) is 7.89. The van der Waals surface area contributed by atoms with Crippen LogP contribution in [0.25, 0.3) is 5.69 Å². The summed E-state index contributed by atoms with van der Waals surface area (Å²) in [6.07, 6.45) is 2.63. The number of hydrogen-bond acceptors (Lipinski definition) is 4. The Bertz CT molecular complexity index is 949. The first kappa shape index (κ1) is 22.1. The molecule has 0 saturated heterocycles. The van der Waals surface area contributed by atoms with E-state index in [9.17, 15) is 4.79 Å². The molecule has 0 spiro atoms. The van der Waals surface area contributed by atoms with Crippen molar-refractivity contribution in [1.82, 2.24) is 19.7 Å². The smallest absolute Gasteiger partial charge is 0.233 e. The van der Waals surface area contributed by atoms with Gasteiger partial charge in [-0.1, -0.05) is 68.1 Å². The van der Waals surface area contributed by atoms with Gasteiger partial charge in [0.05, 0.1) is 5.75 Å². The average Bonchev–Trinajstić information content (AvgIpc) is 3.15. The number of aryl methyl sites for hydroxylation is 1. The largest absolute Gasteiger partial charge is 0.342 e. The Balaban J connectivity index is 1.86. The normalized spacial score (nSPS) is 10.9. The predicted molar refractivity (Wildman–Crippen MR) is 123 cm³/mol. The third kappa shape index (κ3) is 5.72. The van der Waals surface area contributed by atoms with Gasteiger partial charge in [0.25, 0.3) is 0 Å². The summed E-state index contributed by atoms with van der Waals surface area (Å²) in [5, 5.41) is 9.68. The summed E-state index contributed by atoms with van der Waals surface area (Å²) in [6, 6.07) is 18.6. The second kappa shape index (κ2) is 11.0. The molecule has 0 atom stereocenters. The van der Waals surface area contributed by atoms with Gasteiger partial charge in [0.1, 0.15) is 5.82 Å². The molecule has 0 bridgehead atoms. The van der Waals surface area contributed by atoms with Gasteiger partial charge in [0.15, 0.2) is 5.16 Å². The van der Waals surface area contributed by atoms with Gasteiger partial charge < -0.3 is 4.90 Å². The van der Waals surface area contributed by atoms with Crippen LogP contribution in [0.5, 0.6) is 0 Å². The Morgan fingerprint density at radius 3 is 2.40 bits per heavy atom. The monoisotopic (exact) mass is 422 g/mol. The Morgan fingerprint density at radius 2 is 1.73 bits per heavy atom. The number of hydrogen-bond donors (Lipinski definition) is 0. The van der Waals surface area contributed by atoms with E-state index in [1.165, 1.54) is 22.9 Å². The lowest BCUT2D eigenvalue weighted by atomic mass is 10.1. The van der Waals surface area contributed by atoms with Crippen LogP contribution in [-0.4, -0.2) is 44.4 Å². The van der Waals surface area contributed by atoms with Crippen molar-refractivity contribution in [3.05, 3.63) is 71.5 Å². The molecule has 1 heterocycles. The fourth-order valence-corrected chi connectivity index (χ4v) is 4.31. The van der Waals surface area contributed by atoms with E-state index in [0.717, 1.165) is 42.6 Å². The van der Waals surface area contributed by atoms with Gasteiger partial charge in [0, 0.05) is 25.2 Å². The Kier molecular flexibility index (Phi) is 8.08. The number of rotatable bonds is 10. The number of aromatic nitrogens is 3. The molecule has 158 valence electrons. The highest BCUT2D eigenvalue weighted by Crippen LogP contribution is 2.24. The fourth-order valence-electron chi connectivity index (χ4n) is 3.43. The van der Waals surface area contributed by atoms with Crippen molar-refractivity contribution in [2.75, 3.05) is 18.8 Å². The molecule has 0 N–H and O–H groups in total. The summed E-state index contributed by atoms with van der Waals surface area (Å²) >= 11 is 1.47. The number of carbonyl (C=O) groups is 1. The molecule has 0 radical (unpaired) electrons. The molecule has 1 aromatic heterocycles. The highest BCUT2D eigenvalue weighted by molar-refractivity contribution is 7.99. The summed E-state index contributed by atoms with van der Waals surface area (Å²) in [7, 11) is 0. The highest BCUT2D eigenvalue weighted by atomic mass is 32.2. The number of thioether (sulfide) groups is 1. The second-order valence-corrected chi connectivity index (χ2v) is 8.35. The van der Waals surface area contributed by atoms with E-state index in [2.05, 4.69) is 65.9 Å². The van der Waals surface area contributed by atoms with Crippen LogP contribution in [0.4, 0.5) is 0 Å². The van der Waals surface area contributed by atoms with Crippen LogP contribution < -0.4 is 0 Å². The Hall–Kier alpha value is -2.60. The zero-order valence-corrected chi connectivity index (χ0v) is 18.9. The van der Waals surface area contributed by atoms with Crippen molar-refractivity contribution in [3.8, 4) is 5.69 Å². The molecule has 2 aromatic carbocycles. The van der Waals surface area contributed by atoms with Gasteiger partial charge in [-0.15, -0.1) is 10.2 Å². The fraction of sp³-hybridized carbons (Fsp3) is 0.375. The van der Waals surface area contributed by atoms with Crippen molar-refractivity contribution in [2.45, 2.75) is 45.2 Å². The maximum Gasteiger partial charge on any atom is 0.233 e. The van der Waals surface area contributed by atoms with Crippen molar-refractivity contribution in [3.63, 3.8) is 0 Å². The summed E-state index contributed by atoms with van der Waals surface area (Å²) in [5.41, 5.74) is 3.39. The first-order valence-corrected chi connectivity index (χ1v) is 11.6. The second-order valence-electron chi connectivity index (χ2n) is 7.41. The maximum absolute atomic E-state index is 12.7. The molecular weight excluding hydrogens is 392 g/mol. The van der Waals surface area contributed by atoms with Gasteiger partial charge in [-0.2, -0.15) is 0 Å². The van der Waals surface area contributed by atoms with Crippen molar-refractivity contribution in [1.29, 1.82) is 0 Å². The van der Waals surface area contributed by atoms with Crippen LogP contribution in [0.3, 0.4) is 0 Å². The lowest BCUT2D eigenvalue weighted by Gasteiger charge is -2.21. The van der Waals surface area contributed by atoms with Crippen LogP contribution in [0.15, 0.2) is 59.8 Å². The Morgan fingerprint density at radius 1 is 1.00 bits per heavy atom. The van der Waals surface area contributed by atoms with Crippen LogP contribution in [-0.2, 0) is 11.2 Å². The highest BCUT2D eigenvalue weighted by Gasteiger charge is 2.18. The van der Waals surface area contributed by atoms with Crippen LogP contribution in [0.2, 0.25) is 0 Å². The number of benzene rings is 2. The molecule has 0 saturated carbocycles. The lowest BCUT2D eigenvalue weighted by Crippen LogP contribution is -2.33. The zero-order chi connectivity index (χ0) is 21.3. The van der Waals surface area contributed by atoms with E-state index in [4.69, 9.17) is 0 Å². The van der Waals surface area contributed by atoms with Crippen LogP contribution in [0.1, 0.15) is 43.6 Å². The van der Waals surface area contributed by atoms with Crippen molar-refractivity contribution in [2.24, 2.45) is 0 Å². The number of amides is 1. The minimum Gasteiger partial charge on any atom is -0.342 e. The first-order chi connectivity index (χ1) is 14.6. The Labute approximate surface area is 183 Å². The minimum atomic E-state index is 0.159. The molecule has 3 aromatic rings. The minimum absolute atomic E-state index is 0.159. The lowest BCUT2D eigenvalue weighted by molar-refractivity contribution is -0.128. The topological polar surface area (TPSA) is 51.0 Å².